The Morgan fingerprint density at radius 1 is 1.55 bits per heavy atom. The number of hydrogen-bond donors (Lipinski definition) is 0. The Labute approximate surface area is 117 Å². The first kappa shape index (κ1) is 15.9. The third-order valence-corrected chi connectivity index (χ3v) is 2.63. The molecule has 0 N–H and O–H groups in total. The maximum absolute atomic E-state index is 11.8. The number of ether oxygens (including phenoxy) is 1. The van der Waals surface area contributed by atoms with Crippen molar-refractivity contribution in [2.24, 2.45) is 0 Å². The van der Waals surface area contributed by atoms with Crippen LogP contribution in [0.1, 0.15) is 39.1 Å². The molecule has 0 radical (unpaired) electrons. The van der Waals surface area contributed by atoms with E-state index >= 15 is 0 Å². The second-order valence-corrected chi connectivity index (χ2v) is 4.67. The van der Waals surface area contributed by atoms with Gasteiger partial charge in [-0.2, -0.15) is 5.10 Å². The highest BCUT2D eigenvalue weighted by Gasteiger charge is 2.24. The molecular formula is C13H19N3O4. The number of nitrogens with zero attached hydrogens (tertiary/aromatic N) is 3. The number of carbonyl (C=O) groups is 1. The number of esters is 1. The molecule has 0 bridgehead atoms. The molecule has 1 aromatic heterocycles. The molecule has 0 aliphatic carbocycles. The second-order valence-electron chi connectivity index (χ2n) is 4.67. The van der Waals surface area contributed by atoms with Crippen LogP contribution in [0, 0.1) is 17.0 Å². The summed E-state index contributed by atoms with van der Waals surface area (Å²) in [6.07, 6.45) is 1.21. The molecule has 7 heteroatoms. The lowest BCUT2D eigenvalue weighted by molar-refractivity contribution is -0.385. The van der Waals surface area contributed by atoms with Gasteiger partial charge in [0.05, 0.1) is 11.0 Å². The summed E-state index contributed by atoms with van der Waals surface area (Å²) in [6.45, 7) is 8.94. The van der Waals surface area contributed by atoms with Crippen molar-refractivity contribution in [2.75, 3.05) is 0 Å². The van der Waals surface area contributed by atoms with Gasteiger partial charge < -0.3 is 4.74 Å². The maximum atomic E-state index is 11.8. The zero-order valence-electron chi connectivity index (χ0n) is 12.3. The first-order chi connectivity index (χ1) is 9.27. The van der Waals surface area contributed by atoms with Gasteiger partial charge in [-0.15, -0.1) is 0 Å². The molecule has 0 aliphatic heterocycles. The van der Waals surface area contributed by atoms with E-state index < -0.39 is 10.9 Å². The summed E-state index contributed by atoms with van der Waals surface area (Å²) in [5.41, 5.74) is 0.862. The standard InChI is InChI=1S/C13H19N3O4/c1-6-15-11(12(16(18)19)10(5)14-15)7-9(4)13(17)20-8(2)3/h7-8H,6H2,1-5H3/b9-7+. The summed E-state index contributed by atoms with van der Waals surface area (Å²) in [6, 6.07) is 0. The van der Waals surface area contributed by atoms with Crippen molar-refractivity contribution in [3.05, 3.63) is 27.1 Å². The number of aromatic nitrogens is 2. The SMILES string of the molecule is CCn1nc(C)c([N+](=O)[O-])c1/C=C(\C)C(=O)OC(C)C. The average molecular weight is 281 g/mol. The van der Waals surface area contributed by atoms with E-state index in [-0.39, 0.29) is 11.8 Å². The van der Waals surface area contributed by atoms with Crippen molar-refractivity contribution in [2.45, 2.75) is 47.3 Å². The molecule has 7 nitrogen and oxygen atoms in total. The molecule has 110 valence electrons. The van der Waals surface area contributed by atoms with Gasteiger partial charge in [-0.25, -0.2) is 4.79 Å². The van der Waals surface area contributed by atoms with Gasteiger partial charge in [-0.3, -0.25) is 14.8 Å². The van der Waals surface area contributed by atoms with Gasteiger partial charge in [0.2, 0.25) is 0 Å². The van der Waals surface area contributed by atoms with E-state index in [9.17, 15) is 14.9 Å². The van der Waals surface area contributed by atoms with Gasteiger partial charge in [0.1, 0.15) is 11.4 Å². The highest BCUT2D eigenvalue weighted by molar-refractivity contribution is 5.93. The molecule has 0 aromatic carbocycles. The molecule has 0 unspecified atom stereocenters. The normalized spacial score (nSPS) is 11.8. The Balaban J connectivity index is 3.25. The van der Waals surface area contributed by atoms with Crippen molar-refractivity contribution in [3.8, 4) is 0 Å². The second kappa shape index (κ2) is 6.31. The molecule has 0 aliphatic rings. The molecule has 1 heterocycles. The van der Waals surface area contributed by atoms with Crippen molar-refractivity contribution in [1.29, 1.82) is 0 Å². The topological polar surface area (TPSA) is 87.3 Å². The van der Waals surface area contributed by atoms with Crippen LogP contribution in [0.5, 0.6) is 0 Å². The van der Waals surface area contributed by atoms with E-state index in [4.69, 9.17) is 4.74 Å². The molecule has 0 fully saturated rings. The number of aryl methyl sites for hydroxylation is 2. The minimum atomic E-state index is -0.490. The molecule has 0 spiro atoms. The lowest BCUT2D eigenvalue weighted by Gasteiger charge is -2.08. The molecule has 0 saturated heterocycles. The lowest BCUT2D eigenvalue weighted by Crippen LogP contribution is -2.12. The zero-order valence-corrected chi connectivity index (χ0v) is 12.3. The van der Waals surface area contributed by atoms with E-state index in [0.29, 0.717) is 23.5 Å². The molecule has 0 saturated carbocycles. The molecular weight excluding hydrogens is 262 g/mol. The van der Waals surface area contributed by atoms with E-state index in [1.54, 1.807) is 27.7 Å². The summed E-state index contributed by atoms with van der Waals surface area (Å²) in [7, 11) is 0. The van der Waals surface area contributed by atoms with Crippen molar-refractivity contribution in [3.63, 3.8) is 0 Å². The van der Waals surface area contributed by atoms with Crippen LogP contribution in [0.4, 0.5) is 5.69 Å². The van der Waals surface area contributed by atoms with Crippen LogP contribution in [-0.4, -0.2) is 26.8 Å². The van der Waals surface area contributed by atoms with Gasteiger partial charge >= 0.3 is 11.7 Å². The summed E-state index contributed by atoms with van der Waals surface area (Å²) >= 11 is 0. The number of carbonyl (C=O) groups excluding carboxylic acids is 1. The van der Waals surface area contributed by atoms with E-state index in [1.807, 2.05) is 6.92 Å². The van der Waals surface area contributed by atoms with Gasteiger partial charge in [-0.05, 0) is 40.7 Å². The summed E-state index contributed by atoms with van der Waals surface area (Å²) in [4.78, 5) is 22.4. The van der Waals surface area contributed by atoms with Gasteiger partial charge in [0, 0.05) is 12.1 Å². The van der Waals surface area contributed by atoms with Crippen molar-refractivity contribution < 1.29 is 14.5 Å². The van der Waals surface area contributed by atoms with Gasteiger partial charge in [0.25, 0.3) is 0 Å². The van der Waals surface area contributed by atoms with Crippen molar-refractivity contribution >= 4 is 17.7 Å². The van der Waals surface area contributed by atoms with Crippen LogP contribution in [0.2, 0.25) is 0 Å². The van der Waals surface area contributed by atoms with Crippen LogP contribution in [-0.2, 0) is 16.1 Å². The number of nitro groups is 1. The van der Waals surface area contributed by atoms with Crippen LogP contribution in [0.3, 0.4) is 0 Å². The highest BCUT2D eigenvalue weighted by Crippen LogP contribution is 2.25. The van der Waals surface area contributed by atoms with E-state index in [0.717, 1.165) is 0 Å². The Morgan fingerprint density at radius 3 is 2.60 bits per heavy atom. The third kappa shape index (κ3) is 3.43. The predicted molar refractivity (Wildman–Crippen MR) is 74.2 cm³/mol. The number of rotatable bonds is 5. The third-order valence-electron chi connectivity index (χ3n) is 2.63. The minimum Gasteiger partial charge on any atom is -0.460 e. The molecule has 20 heavy (non-hydrogen) atoms. The molecule has 0 atom stereocenters. The quantitative estimate of drug-likeness (QED) is 0.358. The van der Waals surface area contributed by atoms with Crippen LogP contribution in [0.25, 0.3) is 6.08 Å². The Morgan fingerprint density at radius 2 is 2.15 bits per heavy atom. The zero-order chi connectivity index (χ0) is 15.4. The Bertz CT molecular complexity index is 558. The fraction of sp³-hybridized carbons (Fsp3) is 0.538. The lowest BCUT2D eigenvalue weighted by atomic mass is 10.2. The van der Waals surface area contributed by atoms with E-state index in [1.165, 1.54) is 10.8 Å². The minimum absolute atomic E-state index is 0.0800. The van der Waals surface area contributed by atoms with Crippen LogP contribution < -0.4 is 0 Å². The predicted octanol–water partition coefficient (Wildman–Crippen LogP) is 2.47. The maximum Gasteiger partial charge on any atom is 0.334 e. The fourth-order valence-corrected chi connectivity index (χ4v) is 1.77. The number of hydrogen-bond acceptors (Lipinski definition) is 5. The average Bonchev–Trinajstić information content (AvgIpc) is 2.64. The smallest absolute Gasteiger partial charge is 0.334 e. The summed E-state index contributed by atoms with van der Waals surface area (Å²) < 4.78 is 6.56. The monoisotopic (exact) mass is 281 g/mol. The van der Waals surface area contributed by atoms with Gasteiger partial charge in [-0.1, -0.05) is 0 Å². The summed E-state index contributed by atoms with van der Waals surface area (Å²) in [5, 5.41) is 15.2. The summed E-state index contributed by atoms with van der Waals surface area (Å²) in [5.74, 6) is -0.490. The first-order valence-corrected chi connectivity index (χ1v) is 6.39. The fourth-order valence-electron chi connectivity index (χ4n) is 1.77. The molecule has 1 rings (SSSR count). The largest absolute Gasteiger partial charge is 0.460 e. The van der Waals surface area contributed by atoms with Crippen LogP contribution in [0.15, 0.2) is 5.57 Å². The molecule has 1 aromatic rings. The Hall–Kier alpha value is -2.18. The Kier molecular flexibility index (Phi) is 5.01. The first-order valence-electron chi connectivity index (χ1n) is 6.39. The van der Waals surface area contributed by atoms with Gasteiger partial charge in [0.15, 0.2) is 0 Å². The van der Waals surface area contributed by atoms with E-state index in [2.05, 4.69) is 5.10 Å². The highest BCUT2D eigenvalue weighted by atomic mass is 16.6. The molecule has 0 amide bonds. The van der Waals surface area contributed by atoms with Crippen LogP contribution >= 0.6 is 0 Å². The van der Waals surface area contributed by atoms with Crippen molar-refractivity contribution in [1.82, 2.24) is 9.78 Å².